The standard InChI is InChI=1S/C22H22N4O2/c1-15(20-12-18-4-2-3-5-19(18)28-20)25-22(27)17-8-10-26(11-9-17)21-7-6-16(13-23)14-24-21/h2-7,12,14-15,17H,8-11H2,1H3,(H,25,27)/t15-/m1/s1. The molecule has 0 bridgehead atoms. The number of carbonyl (C=O) groups excluding carboxylic acids is 1. The van der Waals surface area contributed by atoms with Gasteiger partial charge in [-0.05, 0) is 44.0 Å². The summed E-state index contributed by atoms with van der Waals surface area (Å²) < 4.78 is 5.86. The number of nitrogens with zero attached hydrogens (tertiary/aromatic N) is 3. The molecule has 1 aliphatic rings. The first-order valence-corrected chi connectivity index (χ1v) is 9.54. The van der Waals surface area contributed by atoms with Gasteiger partial charge in [-0.25, -0.2) is 4.98 Å². The van der Waals surface area contributed by atoms with E-state index in [0.717, 1.165) is 48.5 Å². The molecular formula is C22H22N4O2. The fourth-order valence-corrected chi connectivity index (χ4v) is 3.63. The number of hydrogen-bond donors (Lipinski definition) is 1. The molecule has 0 radical (unpaired) electrons. The van der Waals surface area contributed by atoms with Crippen LogP contribution in [-0.2, 0) is 4.79 Å². The minimum atomic E-state index is -0.168. The summed E-state index contributed by atoms with van der Waals surface area (Å²) in [5, 5.41) is 13.0. The van der Waals surface area contributed by atoms with E-state index in [1.165, 1.54) is 0 Å². The Bertz CT molecular complexity index is 978. The third kappa shape index (κ3) is 3.70. The van der Waals surface area contributed by atoms with E-state index in [1.54, 1.807) is 12.3 Å². The predicted molar refractivity (Wildman–Crippen MR) is 107 cm³/mol. The van der Waals surface area contributed by atoms with Crippen LogP contribution in [0.4, 0.5) is 5.82 Å². The summed E-state index contributed by atoms with van der Waals surface area (Å²) in [4.78, 5) is 19.2. The summed E-state index contributed by atoms with van der Waals surface area (Å²) in [6, 6.07) is 15.4. The Kier molecular flexibility index (Phi) is 4.98. The quantitative estimate of drug-likeness (QED) is 0.751. The monoisotopic (exact) mass is 374 g/mol. The van der Waals surface area contributed by atoms with E-state index in [4.69, 9.17) is 9.68 Å². The smallest absolute Gasteiger partial charge is 0.223 e. The second-order valence-corrected chi connectivity index (χ2v) is 7.20. The molecule has 2 aromatic heterocycles. The number of furan rings is 1. The molecule has 3 aromatic rings. The summed E-state index contributed by atoms with van der Waals surface area (Å²) in [6.45, 7) is 3.50. The summed E-state index contributed by atoms with van der Waals surface area (Å²) in [7, 11) is 0. The number of para-hydroxylation sites is 1. The van der Waals surface area contributed by atoms with Crippen LogP contribution in [0.3, 0.4) is 0 Å². The van der Waals surface area contributed by atoms with Crippen molar-refractivity contribution in [3.8, 4) is 6.07 Å². The Labute approximate surface area is 163 Å². The normalized spacial score (nSPS) is 15.9. The highest BCUT2D eigenvalue weighted by Gasteiger charge is 2.27. The molecule has 4 rings (SSSR count). The lowest BCUT2D eigenvalue weighted by Crippen LogP contribution is -2.41. The summed E-state index contributed by atoms with van der Waals surface area (Å²) >= 11 is 0. The predicted octanol–water partition coefficient (Wildman–Crippen LogP) is 3.79. The van der Waals surface area contributed by atoms with Crippen molar-refractivity contribution >= 4 is 22.7 Å². The molecule has 1 fully saturated rings. The van der Waals surface area contributed by atoms with Crippen molar-refractivity contribution in [3.63, 3.8) is 0 Å². The number of carbonyl (C=O) groups is 1. The van der Waals surface area contributed by atoms with Gasteiger partial charge < -0.3 is 14.6 Å². The number of fused-ring (bicyclic) bond motifs is 1. The van der Waals surface area contributed by atoms with Gasteiger partial charge in [0.25, 0.3) is 0 Å². The van der Waals surface area contributed by atoms with Crippen LogP contribution in [0, 0.1) is 17.2 Å². The van der Waals surface area contributed by atoms with Crippen LogP contribution in [0.2, 0.25) is 0 Å². The van der Waals surface area contributed by atoms with Gasteiger partial charge in [0.15, 0.2) is 0 Å². The number of nitrogens with one attached hydrogen (secondary N) is 1. The van der Waals surface area contributed by atoms with Crippen LogP contribution in [0.1, 0.15) is 37.1 Å². The minimum absolute atomic E-state index is 0.0125. The van der Waals surface area contributed by atoms with Crippen LogP contribution < -0.4 is 10.2 Å². The van der Waals surface area contributed by atoms with E-state index < -0.39 is 0 Å². The first-order valence-electron chi connectivity index (χ1n) is 9.54. The molecule has 142 valence electrons. The molecule has 0 aliphatic carbocycles. The Morgan fingerprint density at radius 2 is 2.07 bits per heavy atom. The van der Waals surface area contributed by atoms with Gasteiger partial charge >= 0.3 is 0 Å². The molecule has 6 heteroatoms. The molecule has 1 saturated heterocycles. The highest BCUT2D eigenvalue weighted by Crippen LogP contribution is 2.26. The van der Waals surface area contributed by atoms with Crippen molar-refractivity contribution in [3.05, 3.63) is 60.0 Å². The number of amides is 1. The van der Waals surface area contributed by atoms with Gasteiger partial charge in [-0.3, -0.25) is 4.79 Å². The van der Waals surface area contributed by atoms with Crippen molar-refractivity contribution in [1.29, 1.82) is 5.26 Å². The molecule has 6 nitrogen and oxygen atoms in total. The molecule has 0 spiro atoms. The zero-order valence-corrected chi connectivity index (χ0v) is 15.8. The first-order chi connectivity index (χ1) is 13.6. The van der Waals surface area contributed by atoms with Crippen LogP contribution in [-0.4, -0.2) is 24.0 Å². The van der Waals surface area contributed by atoms with Gasteiger partial charge in [-0.1, -0.05) is 18.2 Å². The fraction of sp³-hybridized carbons (Fsp3) is 0.318. The number of aromatic nitrogens is 1. The fourth-order valence-electron chi connectivity index (χ4n) is 3.63. The van der Waals surface area contributed by atoms with Crippen molar-refractivity contribution < 1.29 is 9.21 Å². The summed E-state index contributed by atoms with van der Waals surface area (Å²) in [5.41, 5.74) is 1.39. The number of nitriles is 1. The van der Waals surface area contributed by atoms with Crippen LogP contribution >= 0.6 is 0 Å². The Morgan fingerprint density at radius 1 is 1.29 bits per heavy atom. The number of rotatable bonds is 4. The maximum atomic E-state index is 12.7. The number of piperidine rings is 1. The zero-order chi connectivity index (χ0) is 19.5. The number of hydrogen-bond acceptors (Lipinski definition) is 5. The van der Waals surface area contributed by atoms with E-state index in [0.29, 0.717) is 5.56 Å². The van der Waals surface area contributed by atoms with Crippen LogP contribution in [0.25, 0.3) is 11.0 Å². The lowest BCUT2D eigenvalue weighted by molar-refractivity contribution is -0.126. The van der Waals surface area contributed by atoms with Gasteiger partial charge in [0.05, 0.1) is 11.6 Å². The van der Waals surface area contributed by atoms with Crippen molar-refractivity contribution in [2.24, 2.45) is 5.92 Å². The summed E-state index contributed by atoms with van der Waals surface area (Å²) in [5.74, 6) is 1.68. The van der Waals surface area contributed by atoms with E-state index in [2.05, 4.69) is 21.3 Å². The molecule has 28 heavy (non-hydrogen) atoms. The van der Waals surface area contributed by atoms with Gasteiger partial charge in [0.1, 0.15) is 23.2 Å². The van der Waals surface area contributed by atoms with Crippen molar-refractivity contribution in [2.75, 3.05) is 18.0 Å². The molecule has 3 heterocycles. The van der Waals surface area contributed by atoms with Crippen molar-refractivity contribution in [2.45, 2.75) is 25.8 Å². The zero-order valence-electron chi connectivity index (χ0n) is 15.8. The Hall–Kier alpha value is -3.33. The lowest BCUT2D eigenvalue weighted by atomic mass is 9.95. The maximum absolute atomic E-state index is 12.7. The third-order valence-electron chi connectivity index (χ3n) is 5.30. The molecule has 0 unspecified atom stereocenters. The van der Waals surface area contributed by atoms with E-state index in [-0.39, 0.29) is 17.9 Å². The average molecular weight is 374 g/mol. The molecule has 1 amide bonds. The largest absolute Gasteiger partial charge is 0.459 e. The van der Waals surface area contributed by atoms with Crippen LogP contribution in [0.15, 0.2) is 53.1 Å². The van der Waals surface area contributed by atoms with Gasteiger partial charge in [-0.15, -0.1) is 0 Å². The van der Waals surface area contributed by atoms with E-state index in [9.17, 15) is 4.79 Å². The van der Waals surface area contributed by atoms with E-state index >= 15 is 0 Å². The number of anilines is 1. The van der Waals surface area contributed by atoms with Crippen LogP contribution in [0.5, 0.6) is 0 Å². The number of benzene rings is 1. The highest BCUT2D eigenvalue weighted by molar-refractivity contribution is 5.80. The topological polar surface area (TPSA) is 82.2 Å². The first kappa shape index (κ1) is 18.1. The van der Waals surface area contributed by atoms with Gasteiger partial charge in [-0.2, -0.15) is 5.26 Å². The molecule has 0 saturated carbocycles. The van der Waals surface area contributed by atoms with Crippen molar-refractivity contribution in [1.82, 2.24) is 10.3 Å². The van der Waals surface area contributed by atoms with E-state index in [1.807, 2.05) is 43.3 Å². The van der Waals surface area contributed by atoms with Gasteiger partial charge in [0.2, 0.25) is 5.91 Å². The third-order valence-corrected chi connectivity index (χ3v) is 5.30. The van der Waals surface area contributed by atoms with Gasteiger partial charge in [0, 0.05) is 30.6 Å². The summed E-state index contributed by atoms with van der Waals surface area (Å²) in [6.07, 6.45) is 3.14. The number of pyridine rings is 1. The molecule has 1 aliphatic heterocycles. The molecular weight excluding hydrogens is 352 g/mol. The molecule has 1 N–H and O–H groups in total. The highest BCUT2D eigenvalue weighted by atomic mass is 16.3. The molecule has 1 atom stereocenters. The second-order valence-electron chi connectivity index (χ2n) is 7.20. The second kappa shape index (κ2) is 7.73. The Morgan fingerprint density at radius 3 is 2.75 bits per heavy atom. The SMILES string of the molecule is C[C@@H](NC(=O)C1CCN(c2ccc(C#N)cn2)CC1)c1cc2ccccc2o1. The lowest BCUT2D eigenvalue weighted by Gasteiger charge is -2.32. The maximum Gasteiger partial charge on any atom is 0.223 e. The minimum Gasteiger partial charge on any atom is -0.459 e. The molecule has 1 aromatic carbocycles. The average Bonchev–Trinajstić information content (AvgIpc) is 3.18. The Balaban J connectivity index is 1.33.